The lowest BCUT2D eigenvalue weighted by molar-refractivity contribution is 0.173. The molecule has 0 unspecified atom stereocenters. The first-order valence-electron chi connectivity index (χ1n) is 6.12. The maximum Gasteiger partial charge on any atom is 0.282 e. The minimum Gasteiger partial charge on any atom is -0.378 e. The average Bonchev–Trinajstić information content (AvgIpc) is 2.74. The van der Waals surface area contributed by atoms with Gasteiger partial charge >= 0.3 is 0 Å². The zero-order valence-corrected chi connectivity index (χ0v) is 12.5. The Morgan fingerprint density at radius 1 is 1.47 bits per heavy atom. The molecule has 7 nitrogen and oxygen atoms in total. The summed E-state index contributed by atoms with van der Waals surface area (Å²) in [5.41, 5.74) is 0.978. The Kier molecular flexibility index (Phi) is 3.95. The van der Waals surface area contributed by atoms with E-state index >= 15 is 0 Å². The van der Waals surface area contributed by atoms with E-state index in [0.29, 0.717) is 19.7 Å². The van der Waals surface area contributed by atoms with Crippen molar-refractivity contribution in [2.24, 2.45) is 0 Å². The Hall–Kier alpha value is -0.960. The molecule has 0 aromatic carbocycles. The van der Waals surface area contributed by atoms with Gasteiger partial charge < -0.3 is 9.30 Å². The first-order chi connectivity index (χ1) is 8.89. The summed E-state index contributed by atoms with van der Waals surface area (Å²) in [5, 5.41) is 0. The van der Waals surface area contributed by atoms with Crippen LogP contribution in [0.2, 0.25) is 0 Å². The van der Waals surface area contributed by atoms with Crippen LogP contribution in [0.25, 0.3) is 0 Å². The van der Waals surface area contributed by atoms with E-state index in [0.717, 1.165) is 11.5 Å². The van der Waals surface area contributed by atoms with Crippen LogP contribution in [0.15, 0.2) is 6.20 Å². The number of nitrogens with zero attached hydrogens (tertiary/aromatic N) is 4. The van der Waals surface area contributed by atoms with E-state index in [4.69, 9.17) is 4.74 Å². The molecule has 108 valence electrons. The number of rotatable bonds is 4. The van der Waals surface area contributed by atoms with Gasteiger partial charge in [-0.1, -0.05) is 0 Å². The monoisotopic (exact) mass is 288 g/mol. The molecule has 1 aliphatic heterocycles. The summed E-state index contributed by atoms with van der Waals surface area (Å²) >= 11 is 0. The predicted octanol–water partition coefficient (Wildman–Crippen LogP) is 0.213. The third-order valence-corrected chi connectivity index (χ3v) is 5.38. The highest BCUT2D eigenvalue weighted by Gasteiger charge is 2.35. The van der Waals surface area contributed by atoms with Crippen LogP contribution in [0.4, 0.5) is 0 Å². The van der Waals surface area contributed by atoms with Crippen molar-refractivity contribution >= 4 is 10.2 Å². The third kappa shape index (κ3) is 2.40. The van der Waals surface area contributed by atoms with Gasteiger partial charge in [0.15, 0.2) is 0 Å². The summed E-state index contributed by atoms with van der Waals surface area (Å²) in [6, 6.07) is -0.272. The van der Waals surface area contributed by atoms with Gasteiger partial charge in [0.1, 0.15) is 5.82 Å². The number of ether oxygens (including phenoxy) is 1. The Balaban J connectivity index is 2.33. The van der Waals surface area contributed by atoms with E-state index in [1.807, 2.05) is 11.5 Å². The molecule has 0 aliphatic carbocycles. The van der Waals surface area contributed by atoms with E-state index < -0.39 is 10.2 Å². The number of fused-ring (bicyclic) bond motifs is 1. The van der Waals surface area contributed by atoms with Gasteiger partial charge in [0, 0.05) is 34.3 Å². The van der Waals surface area contributed by atoms with Crippen molar-refractivity contribution in [3.63, 3.8) is 0 Å². The van der Waals surface area contributed by atoms with Gasteiger partial charge in [-0.05, 0) is 6.92 Å². The molecule has 1 aliphatic rings. The minimum absolute atomic E-state index is 0.272. The second-order valence-corrected chi connectivity index (χ2v) is 6.86. The fourth-order valence-electron chi connectivity index (χ4n) is 2.33. The summed E-state index contributed by atoms with van der Waals surface area (Å²) in [6.07, 6.45) is 1.75. The van der Waals surface area contributed by atoms with Crippen LogP contribution in [0, 0.1) is 0 Å². The topological polar surface area (TPSA) is 67.7 Å². The Morgan fingerprint density at radius 3 is 2.74 bits per heavy atom. The molecule has 19 heavy (non-hydrogen) atoms. The molecule has 0 bridgehead atoms. The van der Waals surface area contributed by atoms with Crippen LogP contribution < -0.4 is 0 Å². The van der Waals surface area contributed by atoms with E-state index in [1.165, 1.54) is 8.61 Å². The zero-order valence-electron chi connectivity index (χ0n) is 11.7. The molecule has 0 fully saturated rings. The van der Waals surface area contributed by atoms with Gasteiger partial charge in [0.05, 0.1) is 24.5 Å². The second kappa shape index (κ2) is 5.20. The largest absolute Gasteiger partial charge is 0.378 e. The lowest BCUT2D eigenvalue weighted by Crippen LogP contribution is -2.46. The first-order valence-corrected chi connectivity index (χ1v) is 7.51. The lowest BCUT2D eigenvalue weighted by atomic mass is 10.2. The van der Waals surface area contributed by atoms with Crippen LogP contribution >= 0.6 is 0 Å². The smallest absolute Gasteiger partial charge is 0.282 e. The molecule has 1 aromatic rings. The van der Waals surface area contributed by atoms with Crippen molar-refractivity contribution < 1.29 is 13.2 Å². The van der Waals surface area contributed by atoms with Gasteiger partial charge in [0.2, 0.25) is 0 Å². The normalized spacial score (nSPS) is 20.8. The number of methoxy groups -OCH3 is 1. The van der Waals surface area contributed by atoms with Crippen molar-refractivity contribution in [1.82, 2.24) is 18.2 Å². The molecule has 0 N–H and O–H groups in total. The quantitative estimate of drug-likeness (QED) is 0.794. The van der Waals surface area contributed by atoms with Gasteiger partial charge in [-0.15, -0.1) is 0 Å². The Morgan fingerprint density at radius 2 is 2.16 bits per heavy atom. The molecule has 2 rings (SSSR count). The summed E-state index contributed by atoms with van der Waals surface area (Å²) in [5.74, 6) is 0.767. The van der Waals surface area contributed by atoms with Crippen LogP contribution in [0.5, 0.6) is 0 Å². The number of imidazole rings is 1. The highest BCUT2D eigenvalue weighted by molar-refractivity contribution is 7.86. The van der Waals surface area contributed by atoms with Crippen LogP contribution in [0.1, 0.15) is 24.5 Å². The van der Waals surface area contributed by atoms with Gasteiger partial charge in [-0.25, -0.2) is 4.98 Å². The van der Waals surface area contributed by atoms with E-state index in [9.17, 15) is 8.42 Å². The van der Waals surface area contributed by atoms with Gasteiger partial charge in [-0.3, -0.25) is 0 Å². The molecule has 0 saturated carbocycles. The van der Waals surface area contributed by atoms with Crippen molar-refractivity contribution in [3.05, 3.63) is 17.7 Å². The van der Waals surface area contributed by atoms with Crippen LogP contribution in [-0.2, 0) is 28.1 Å². The summed E-state index contributed by atoms with van der Waals surface area (Å²) in [6.45, 7) is 3.39. The SMILES string of the molecule is COCc1cnc2n1CCN(S(=O)(=O)N(C)C)[C@H]2C. The molecule has 1 aromatic heterocycles. The zero-order chi connectivity index (χ0) is 14.2. The summed E-state index contributed by atoms with van der Waals surface area (Å²) in [7, 11) is 1.30. The van der Waals surface area contributed by atoms with Gasteiger partial charge in [-0.2, -0.15) is 17.0 Å². The third-order valence-electron chi connectivity index (χ3n) is 3.37. The highest BCUT2D eigenvalue weighted by Crippen LogP contribution is 2.28. The number of aromatic nitrogens is 2. The molecule has 1 atom stereocenters. The van der Waals surface area contributed by atoms with Crippen molar-refractivity contribution in [1.29, 1.82) is 0 Å². The van der Waals surface area contributed by atoms with E-state index in [1.54, 1.807) is 27.4 Å². The van der Waals surface area contributed by atoms with Crippen LogP contribution in [-0.4, -0.2) is 54.3 Å². The highest BCUT2D eigenvalue weighted by atomic mass is 32.2. The maximum atomic E-state index is 12.2. The van der Waals surface area contributed by atoms with Crippen molar-refractivity contribution in [2.45, 2.75) is 26.1 Å². The predicted molar refractivity (Wildman–Crippen MR) is 70.7 cm³/mol. The Bertz CT molecular complexity index is 552. The molecule has 8 heteroatoms. The van der Waals surface area contributed by atoms with E-state index in [-0.39, 0.29) is 6.04 Å². The summed E-state index contributed by atoms with van der Waals surface area (Å²) < 4.78 is 34.3. The number of hydrogen-bond acceptors (Lipinski definition) is 4. The van der Waals surface area contributed by atoms with Crippen molar-refractivity contribution in [3.8, 4) is 0 Å². The van der Waals surface area contributed by atoms with Gasteiger partial charge in [0.25, 0.3) is 10.2 Å². The second-order valence-electron chi connectivity index (χ2n) is 4.77. The van der Waals surface area contributed by atoms with Crippen LogP contribution in [0.3, 0.4) is 0 Å². The molecular formula is C11H20N4O3S. The molecule has 2 heterocycles. The average molecular weight is 288 g/mol. The molecule has 0 amide bonds. The lowest BCUT2D eigenvalue weighted by Gasteiger charge is -2.34. The fraction of sp³-hybridized carbons (Fsp3) is 0.727. The molecule has 0 radical (unpaired) electrons. The standard InChI is InChI=1S/C11H20N4O3S/c1-9-11-12-7-10(8-18-4)14(11)5-6-15(9)19(16,17)13(2)3/h7,9H,5-6,8H2,1-4H3/t9-/m0/s1. The first kappa shape index (κ1) is 14.4. The maximum absolute atomic E-state index is 12.2. The molecule has 0 saturated heterocycles. The molecule has 0 spiro atoms. The number of hydrogen-bond donors (Lipinski definition) is 0. The Labute approximate surface area is 114 Å². The molecular weight excluding hydrogens is 268 g/mol. The van der Waals surface area contributed by atoms with Crippen molar-refractivity contribution in [2.75, 3.05) is 27.7 Å². The summed E-state index contributed by atoms with van der Waals surface area (Å²) in [4.78, 5) is 4.34. The minimum atomic E-state index is -3.41. The fourth-order valence-corrected chi connectivity index (χ4v) is 3.55. The van der Waals surface area contributed by atoms with E-state index in [2.05, 4.69) is 4.98 Å².